The molecule has 0 aliphatic rings. The Hall–Kier alpha value is -2.16. The number of ether oxygens (including phenoxy) is 2. The molecule has 1 unspecified atom stereocenters. The van der Waals surface area contributed by atoms with Crippen molar-refractivity contribution in [1.82, 2.24) is 0 Å². The number of methoxy groups -OCH3 is 1. The van der Waals surface area contributed by atoms with E-state index in [1.807, 2.05) is 42.5 Å². The molecule has 0 aromatic heterocycles. The number of para-hydroxylation sites is 1. The lowest BCUT2D eigenvalue weighted by molar-refractivity contribution is 0.317. The first-order valence-corrected chi connectivity index (χ1v) is 7.37. The van der Waals surface area contributed by atoms with Crippen LogP contribution in [0, 0.1) is 0 Å². The zero-order chi connectivity index (χ0) is 15.1. The maximum Gasteiger partial charge on any atom is 0.124 e. The van der Waals surface area contributed by atoms with Gasteiger partial charge in [-0.15, -0.1) is 0 Å². The van der Waals surface area contributed by atoms with Gasteiger partial charge in [-0.2, -0.15) is 0 Å². The third-order valence-corrected chi connectivity index (χ3v) is 3.30. The van der Waals surface area contributed by atoms with Gasteiger partial charge in [-0.3, -0.25) is 0 Å². The lowest BCUT2D eigenvalue weighted by Crippen LogP contribution is -2.08. The molecule has 21 heavy (non-hydrogen) atoms. The van der Waals surface area contributed by atoms with E-state index in [1.165, 1.54) is 0 Å². The smallest absolute Gasteiger partial charge is 0.124 e. The van der Waals surface area contributed by atoms with E-state index < -0.39 is 0 Å². The van der Waals surface area contributed by atoms with Crippen LogP contribution >= 0.6 is 0 Å². The molecule has 1 N–H and O–H groups in total. The monoisotopic (exact) mass is 285 g/mol. The van der Waals surface area contributed by atoms with E-state index in [2.05, 4.69) is 25.2 Å². The summed E-state index contributed by atoms with van der Waals surface area (Å²) in [7, 11) is 1.70. The van der Waals surface area contributed by atoms with Crippen LogP contribution in [0.15, 0.2) is 48.5 Å². The molecule has 0 saturated heterocycles. The molecular weight excluding hydrogens is 262 g/mol. The summed E-state index contributed by atoms with van der Waals surface area (Å²) < 4.78 is 11.1. The summed E-state index contributed by atoms with van der Waals surface area (Å²) in [5.74, 6) is 1.80. The van der Waals surface area contributed by atoms with Gasteiger partial charge in [-0.05, 0) is 31.5 Å². The second-order valence-electron chi connectivity index (χ2n) is 4.98. The minimum absolute atomic E-state index is 0.155. The van der Waals surface area contributed by atoms with Gasteiger partial charge in [0.05, 0.1) is 19.8 Å². The van der Waals surface area contributed by atoms with Crippen LogP contribution in [0.4, 0.5) is 5.69 Å². The Morgan fingerprint density at radius 1 is 1.10 bits per heavy atom. The van der Waals surface area contributed by atoms with Crippen molar-refractivity contribution in [3.63, 3.8) is 0 Å². The van der Waals surface area contributed by atoms with Crippen molar-refractivity contribution in [3.8, 4) is 11.5 Å². The summed E-state index contributed by atoms with van der Waals surface area (Å²) >= 11 is 0. The van der Waals surface area contributed by atoms with E-state index in [0.29, 0.717) is 0 Å². The Kier molecular flexibility index (Phi) is 5.50. The molecule has 1 atom stereocenters. The van der Waals surface area contributed by atoms with Crippen molar-refractivity contribution in [2.24, 2.45) is 0 Å². The first kappa shape index (κ1) is 15.2. The third kappa shape index (κ3) is 4.15. The second kappa shape index (κ2) is 7.58. The van der Waals surface area contributed by atoms with E-state index in [1.54, 1.807) is 7.11 Å². The van der Waals surface area contributed by atoms with Gasteiger partial charge < -0.3 is 14.8 Å². The molecule has 3 nitrogen and oxygen atoms in total. The van der Waals surface area contributed by atoms with Gasteiger partial charge in [-0.1, -0.05) is 31.2 Å². The molecule has 0 radical (unpaired) electrons. The fourth-order valence-corrected chi connectivity index (χ4v) is 2.25. The molecule has 112 valence electrons. The molecule has 0 saturated carbocycles. The Balaban J connectivity index is 2.10. The van der Waals surface area contributed by atoms with Crippen LogP contribution in [0.5, 0.6) is 11.5 Å². The van der Waals surface area contributed by atoms with Crippen molar-refractivity contribution in [2.75, 3.05) is 19.0 Å². The molecular formula is C18H23NO2. The predicted molar refractivity (Wildman–Crippen MR) is 87.3 cm³/mol. The highest BCUT2D eigenvalue weighted by Crippen LogP contribution is 2.28. The van der Waals surface area contributed by atoms with Crippen LogP contribution in [0.1, 0.15) is 31.9 Å². The zero-order valence-electron chi connectivity index (χ0n) is 12.9. The van der Waals surface area contributed by atoms with Crippen LogP contribution < -0.4 is 14.8 Å². The topological polar surface area (TPSA) is 30.5 Å². The molecule has 2 aromatic carbocycles. The first-order chi connectivity index (χ1) is 10.2. The molecule has 0 bridgehead atoms. The normalized spacial score (nSPS) is 11.8. The van der Waals surface area contributed by atoms with Gasteiger partial charge in [0.2, 0.25) is 0 Å². The molecule has 0 aliphatic carbocycles. The molecule has 2 aromatic rings. The van der Waals surface area contributed by atoms with Crippen molar-refractivity contribution in [3.05, 3.63) is 54.1 Å². The largest absolute Gasteiger partial charge is 0.496 e. The van der Waals surface area contributed by atoms with Crippen molar-refractivity contribution >= 4 is 5.69 Å². The van der Waals surface area contributed by atoms with Gasteiger partial charge in [0.25, 0.3) is 0 Å². The van der Waals surface area contributed by atoms with E-state index in [0.717, 1.165) is 35.8 Å². The van der Waals surface area contributed by atoms with E-state index >= 15 is 0 Å². The van der Waals surface area contributed by atoms with Gasteiger partial charge in [0, 0.05) is 17.3 Å². The van der Waals surface area contributed by atoms with Gasteiger partial charge in [0.15, 0.2) is 0 Å². The second-order valence-corrected chi connectivity index (χ2v) is 4.98. The Bertz CT molecular complexity index is 569. The summed E-state index contributed by atoms with van der Waals surface area (Å²) in [4.78, 5) is 0. The number of rotatable bonds is 7. The highest BCUT2D eigenvalue weighted by Gasteiger charge is 2.10. The summed E-state index contributed by atoms with van der Waals surface area (Å²) in [6.07, 6.45) is 1.01. The molecule has 0 fully saturated rings. The Labute approximate surface area is 126 Å². The summed E-state index contributed by atoms with van der Waals surface area (Å²) in [6, 6.07) is 16.3. The molecule has 0 amide bonds. The van der Waals surface area contributed by atoms with Crippen LogP contribution in [-0.4, -0.2) is 13.7 Å². The quantitative estimate of drug-likeness (QED) is 0.802. The third-order valence-electron chi connectivity index (χ3n) is 3.30. The standard InChI is InChI=1S/C18H23NO2/c1-4-12-21-16-9-7-8-15(13-16)19-14(2)17-10-5-6-11-18(17)20-3/h5-11,13-14,19H,4,12H2,1-3H3. The minimum Gasteiger partial charge on any atom is -0.496 e. The van der Waals surface area contributed by atoms with E-state index in [-0.39, 0.29) is 6.04 Å². The van der Waals surface area contributed by atoms with Crippen molar-refractivity contribution in [1.29, 1.82) is 0 Å². The number of hydrogen-bond acceptors (Lipinski definition) is 3. The van der Waals surface area contributed by atoms with Crippen LogP contribution in [0.3, 0.4) is 0 Å². The summed E-state index contributed by atoms with van der Waals surface area (Å²) in [5.41, 5.74) is 2.18. The number of nitrogens with one attached hydrogen (secondary N) is 1. The van der Waals surface area contributed by atoms with Crippen molar-refractivity contribution < 1.29 is 9.47 Å². The van der Waals surface area contributed by atoms with E-state index in [9.17, 15) is 0 Å². The lowest BCUT2D eigenvalue weighted by Gasteiger charge is -2.18. The highest BCUT2D eigenvalue weighted by atomic mass is 16.5. The van der Waals surface area contributed by atoms with Crippen LogP contribution in [0.2, 0.25) is 0 Å². The van der Waals surface area contributed by atoms with Crippen LogP contribution in [-0.2, 0) is 0 Å². The zero-order valence-corrected chi connectivity index (χ0v) is 12.9. The molecule has 0 spiro atoms. The maximum atomic E-state index is 5.66. The average molecular weight is 285 g/mol. The van der Waals surface area contributed by atoms with Crippen molar-refractivity contribution in [2.45, 2.75) is 26.3 Å². The fourth-order valence-electron chi connectivity index (χ4n) is 2.25. The number of benzene rings is 2. The fraction of sp³-hybridized carbons (Fsp3) is 0.333. The Morgan fingerprint density at radius 3 is 2.67 bits per heavy atom. The predicted octanol–water partition coefficient (Wildman–Crippen LogP) is 4.66. The molecule has 0 heterocycles. The molecule has 2 rings (SSSR count). The average Bonchev–Trinajstić information content (AvgIpc) is 2.53. The van der Waals surface area contributed by atoms with Gasteiger partial charge in [0.1, 0.15) is 11.5 Å². The summed E-state index contributed by atoms with van der Waals surface area (Å²) in [6.45, 7) is 4.97. The maximum absolute atomic E-state index is 5.66. The molecule has 0 aliphatic heterocycles. The first-order valence-electron chi connectivity index (χ1n) is 7.37. The summed E-state index contributed by atoms with van der Waals surface area (Å²) in [5, 5.41) is 3.49. The highest BCUT2D eigenvalue weighted by molar-refractivity contribution is 5.51. The molecule has 3 heteroatoms. The Morgan fingerprint density at radius 2 is 1.90 bits per heavy atom. The number of anilines is 1. The van der Waals surface area contributed by atoms with E-state index in [4.69, 9.17) is 9.47 Å². The number of hydrogen-bond donors (Lipinski definition) is 1. The lowest BCUT2D eigenvalue weighted by atomic mass is 10.1. The minimum atomic E-state index is 0.155. The van der Waals surface area contributed by atoms with Gasteiger partial charge in [-0.25, -0.2) is 0 Å². The SMILES string of the molecule is CCCOc1cccc(NC(C)c2ccccc2OC)c1. The van der Waals surface area contributed by atoms with Gasteiger partial charge >= 0.3 is 0 Å². The van der Waals surface area contributed by atoms with Crippen LogP contribution in [0.25, 0.3) is 0 Å².